The molecule has 0 saturated carbocycles. The molecule has 3 atom stereocenters. The summed E-state index contributed by atoms with van der Waals surface area (Å²) in [5.41, 5.74) is 1.11. The fourth-order valence-corrected chi connectivity index (χ4v) is 2.15. The zero-order valence-corrected chi connectivity index (χ0v) is 11.4. The first-order valence-corrected chi connectivity index (χ1v) is 6.93. The molecule has 0 radical (unpaired) electrons. The molecular formula is C16H22O3. The summed E-state index contributed by atoms with van der Waals surface area (Å²) >= 11 is 0. The van der Waals surface area contributed by atoms with Crippen LogP contribution in [-0.2, 0) is 16.1 Å². The maximum absolute atomic E-state index is 9.91. The Morgan fingerprint density at radius 3 is 2.89 bits per heavy atom. The van der Waals surface area contributed by atoms with Gasteiger partial charge in [0.25, 0.3) is 0 Å². The number of hydrogen-bond acceptors (Lipinski definition) is 3. The van der Waals surface area contributed by atoms with Crippen LogP contribution in [0.3, 0.4) is 0 Å². The summed E-state index contributed by atoms with van der Waals surface area (Å²) in [6.07, 6.45) is 5.30. The van der Waals surface area contributed by atoms with E-state index in [1.54, 1.807) is 0 Å². The fraction of sp³-hybridized carbons (Fsp3) is 0.500. The highest BCUT2D eigenvalue weighted by atomic mass is 16.6. The van der Waals surface area contributed by atoms with Gasteiger partial charge in [0.2, 0.25) is 0 Å². The van der Waals surface area contributed by atoms with Crippen molar-refractivity contribution in [3.8, 4) is 0 Å². The molecule has 0 aliphatic carbocycles. The third kappa shape index (κ3) is 4.16. The summed E-state index contributed by atoms with van der Waals surface area (Å²) in [5.74, 6) is 0. The molecule has 0 spiro atoms. The SMILES string of the molecule is CCC/C=C\[C@H]1OC[C@H](O)[C@H]1OCc1ccccc1. The molecule has 1 aromatic rings. The Morgan fingerprint density at radius 1 is 1.37 bits per heavy atom. The van der Waals surface area contributed by atoms with Crippen molar-refractivity contribution in [3.63, 3.8) is 0 Å². The largest absolute Gasteiger partial charge is 0.388 e. The molecule has 1 fully saturated rings. The Morgan fingerprint density at radius 2 is 2.16 bits per heavy atom. The van der Waals surface area contributed by atoms with Gasteiger partial charge in [-0.1, -0.05) is 55.8 Å². The van der Waals surface area contributed by atoms with Gasteiger partial charge in [0.15, 0.2) is 0 Å². The van der Waals surface area contributed by atoms with Crippen LogP contribution in [0.15, 0.2) is 42.5 Å². The average molecular weight is 262 g/mol. The molecule has 2 rings (SSSR count). The third-order valence-corrected chi connectivity index (χ3v) is 3.23. The van der Waals surface area contributed by atoms with Gasteiger partial charge in [-0.15, -0.1) is 0 Å². The van der Waals surface area contributed by atoms with Crippen molar-refractivity contribution in [2.24, 2.45) is 0 Å². The molecule has 1 heterocycles. The van der Waals surface area contributed by atoms with Crippen molar-refractivity contribution < 1.29 is 14.6 Å². The van der Waals surface area contributed by atoms with Gasteiger partial charge in [-0.05, 0) is 12.0 Å². The first-order chi connectivity index (χ1) is 9.31. The Hall–Kier alpha value is -1.16. The number of ether oxygens (including phenoxy) is 2. The lowest BCUT2D eigenvalue weighted by atomic mass is 10.1. The van der Waals surface area contributed by atoms with Crippen LogP contribution < -0.4 is 0 Å². The van der Waals surface area contributed by atoms with Gasteiger partial charge in [0.05, 0.1) is 13.2 Å². The molecule has 0 bridgehead atoms. The van der Waals surface area contributed by atoms with Gasteiger partial charge in [-0.3, -0.25) is 0 Å². The van der Waals surface area contributed by atoms with Gasteiger partial charge in [0, 0.05) is 0 Å². The number of allylic oxidation sites excluding steroid dienone is 1. The summed E-state index contributed by atoms with van der Waals surface area (Å²) in [6, 6.07) is 9.99. The van der Waals surface area contributed by atoms with Crippen molar-refractivity contribution in [2.45, 2.75) is 44.7 Å². The molecule has 0 unspecified atom stereocenters. The van der Waals surface area contributed by atoms with E-state index in [0.29, 0.717) is 13.2 Å². The second kappa shape index (κ2) is 7.43. The predicted molar refractivity (Wildman–Crippen MR) is 74.8 cm³/mol. The van der Waals surface area contributed by atoms with Crippen molar-refractivity contribution in [3.05, 3.63) is 48.0 Å². The number of aliphatic hydroxyl groups excluding tert-OH is 1. The quantitative estimate of drug-likeness (QED) is 0.801. The second-order valence-electron chi connectivity index (χ2n) is 4.84. The van der Waals surface area contributed by atoms with Crippen molar-refractivity contribution in [1.82, 2.24) is 0 Å². The Balaban J connectivity index is 1.88. The maximum atomic E-state index is 9.91. The van der Waals surface area contributed by atoms with E-state index in [2.05, 4.69) is 13.0 Å². The normalized spacial score (nSPS) is 27.2. The van der Waals surface area contributed by atoms with E-state index in [4.69, 9.17) is 9.47 Å². The monoisotopic (exact) mass is 262 g/mol. The number of benzene rings is 1. The van der Waals surface area contributed by atoms with Crippen LogP contribution in [0.4, 0.5) is 0 Å². The van der Waals surface area contributed by atoms with Crippen LogP contribution in [0.2, 0.25) is 0 Å². The van der Waals surface area contributed by atoms with Crippen LogP contribution in [0, 0.1) is 0 Å². The topological polar surface area (TPSA) is 38.7 Å². The van der Waals surface area contributed by atoms with Gasteiger partial charge >= 0.3 is 0 Å². The summed E-state index contributed by atoms with van der Waals surface area (Å²) in [6.45, 7) is 2.99. The molecule has 1 aliphatic rings. The summed E-state index contributed by atoms with van der Waals surface area (Å²) in [5, 5.41) is 9.91. The number of aliphatic hydroxyl groups is 1. The highest BCUT2D eigenvalue weighted by molar-refractivity contribution is 5.13. The van der Waals surface area contributed by atoms with Gasteiger partial charge in [-0.25, -0.2) is 0 Å². The molecule has 3 heteroatoms. The van der Waals surface area contributed by atoms with E-state index in [-0.39, 0.29) is 12.2 Å². The predicted octanol–water partition coefficient (Wildman–Crippen LogP) is 2.69. The number of unbranched alkanes of at least 4 members (excludes halogenated alkanes) is 1. The lowest BCUT2D eigenvalue weighted by Crippen LogP contribution is -2.32. The summed E-state index contributed by atoms with van der Waals surface area (Å²) in [7, 11) is 0. The summed E-state index contributed by atoms with van der Waals surface area (Å²) in [4.78, 5) is 0. The van der Waals surface area contributed by atoms with Gasteiger partial charge < -0.3 is 14.6 Å². The van der Waals surface area contributed by atoms with Crippen LogP contribution in [-0.4, -0.2) is 30.0 Å². The Labute approximate surface area is 114 Å². The summed E-state index contributed by atoms with van der Waals surface area (Å²) < 4.78 is 11.4. The molecule has 19 heavy (non-hydrogen) atoms. The minimum Gasteiger partial charge on any atom is -0.388 e. The van der Waals surface area contributed by atoms with Crippen molar-refractivity contribution >= 4 is 0 Å². The Bertz CT molecular complexity index is 388. The minimum absolute atomic E-state index is 0.134. The zero-order valence-electron chi connectivity index (χ0n) is 11.4. The molecule has 0 amide bonds. The highest BCUT2D eigenvalue weighted by Gasteiger charge is 2.35. The lowest BCUT2D eigenvalue weighted by Gasteiger charge is -2.18. The van der Waals surface area contributed by atoms with E-state index < -0.39 is 6.10 Å². The Kier molecular flexibility index (Phi) is 5.58. The van der Waals surface area contributed by atoms with Crippen molar-refractivity contribution in [2.75, 3.05) is 6.61 Å². The molecule has 1 aromatic carbocycles. The molecule has 1 N–H and O–H groups in total. The van der Waals surface area contributed by atoms with E-state index >= 15 is 0 Å². The average Bonchev–Trinajstić information content (AvgIpc) is 2.79. The van der Waals surface area contributed by atoms with Crippen LogP contribution in [0.25, 0.3) is 0 Å². The van der Waals surface area contributed by atoms with Gasteiger partial charge in [0.1, 0.15) is 18.3 Å². The second-order valence-corrected chi connectivity index (χ2v) is 4.84. The zero-order chi connectivity index (χ0) is 13.5. The standard InChI is InChI=1S/C16H22O3/c1-2-3-5-10-15-16(14(17)12-18-15)19-11-13-8-6-4-7-9-13/h4-10,14-17H,2-3,11-12H2,1H3/b10-5-/t14-,15+,16+/m0/s1. The fourth-order valence-electron chi connectivity index (χ4n) is 2.15. The highest BCUT2D eigenvalue weighted by Crippen LogP contribution is 2.20. The third-order valence-electron chi connectivity index (χ3n) is 3.23. The van der Waals surface area contributed by atoms with E-state index in [9.17, 15) is 5.11 Å². The van der Waals surface area contributed by atoms with Crippen LogP contribution >= 0.6 is 0 Å². The molecule has 104 valence electrons. The molecule has 1 aliphatic heterocycles. The lowest BCUT2D eigenvalue weighted by molar-refractivity contribution is -0.0338. The smallest absolute Gasteiger partial charge is 0.116 e. The van der Waals surface area contributed by atoms with Crippen molar-refractivity contribution in [1.29, 1.82) is 0 Å². The molecule has 3 nitrogen and oxygen atoms in total. The van der Waals surface area contributed by atoms with Crippen LogP contribution in [0.5, 0.6) is 0 Å². The molecule has 0 aromatic heterocycles. The van der Waals surface area contributed by atoms with E-state index in [1.165, 1.54) is 0 Å². The molecular weight excluding hydrogens is 240 g/mol. The van der Waals surface area contributed by atoms with Gasteiger partial charge in [-0.2, -0.15) is 0 Å². The first-order valence-electron chi connectivity index (χ1n) is 6.93. The van der Waals surface area contributed by atoms with E-state index in [0.717, 1.165) is 18.4 Å². The first kappa shape index (κ1) is 14.3. The minimum atomic E-state index is -0.542. The number of rotatable bonds is 6. The maximum Gasteiger partial charge on any atom is 0.116 e. The van der Waals surface area contributed by atoms with E-state index in [1.807, 2.05) is 36.4 Å². The molecule has 1 saturated heterocycles. The van der Waals surface area contributed by atoms with Crippen LogP contribution in [0.1, 0.15) is 25.3 Å². The number of hydrogen-bond donors (Lipinski definition) is 1.